The summed E-state index contributed by atoms with van der Waals surface area (Å²) in [4.78, 5) is 0. The van der Waals surface area contributed by atoms with Gasteiger partial charge in [-0.15, -0.1) is 0 Å². The summed E-state index contributed by atoms with van der Waals surface area (Å²) in [5, 5.41) is -4.06. The van der Waals surface area contributed by atoms with E-state index in [1.165, 1.54) is 0 Å². The fourth-order valence-corrected chi connectivity index (χ4v) is 2.05. The summed E-state index contributed by atoms with van der Waals surface area (Å²) in [7, 11) is -1.66. The van der Waals surface area contributed by atoms with Crippen molar-refractivity contribution in [1.29, 1.82) is 0 Å². The van der Waals surface area contributed by atoms with Crippen molar-refractivity contribution in [2.45, 2.75) is 48.0 Å². The molecule has 25 heavy (non-hydrogen) atoms. The van der Waals surface area contributed by atoms with E-state index in [9.17, 15) is 65.5 Å². The van der Waals surface area contributed by atoms with Crippen LogP contribution in [0, 0.1) is 0 Å². The highest BCUT2D eigenvalue weighted by Gasteiger charge is 2.91. The van der Waals surface area contributed by atoms with Gasteiger partial charge in [0, 0.05) is 10.7 Å². The third-order valence-corrected chi connectivity index (χ3v) is 4.83. The molecule has 0 aromatic carbocycles. The van der Waals surface area contributed by atoms with Crippen LogP contribution in [0.25, 0.3) is 0 Å². The lowest BCUT2D eigenvalue weighted by Gasteiger charge is -2.40. The van der Waals surface area contributed by atoms with Gasteiger partial charge in [0.2, 0.25) is 9.05 Å². The molecule has 0 aliphatic carbocycles. The van der Waals surface area contributed by atoms with E-state index >= 15 is 0 Å². The van der Waals surface area contributed by atoms with Crippen LogP contribution in [0.1, 0.15) is 6.92 Å². The minimum Gasteiger partial charge on any atom is -0.212 e. The molecule has 2 nitrogen and oxygen atoms in total. The van der Waals surface area contributed by atoms with Gasteiger partial charge >= 0.3 is 35.8 Å². The Morgan fingerprint density at radius 1 is 0.640 bits per heavy atom. The molecule has 0 radical (unpaired) electrons. The maximum Gasteiger partial charge on any atom is 0.460 e. The van der Waals surface area contributed by atoms with Crippen molar-refractivity contribution < 1.29 is 65.5 Å². The number of hydrogen-bond donors (Lipinski definition) is 0. The SMILES string of the molecule is CC(C(F)(F)C(F)(F)C(F)(F)C(F)(F)C(F)(F)C(F)(F)F)S(=O)(=O)Cl. The first-order chi connectivity index (χ1) is 10.4. The predicted molar refractivity (Wildman–Crippen MR) is 55.0 cm³/mol. The zero-order valence-corrected chi connectivity index (χ0v) is 12.7. The fourth-order valence-electron chi connectivity index (χ4n) is 1.21. The Morgan fingerprint density at radius 2 is 0.920 bits per heavy atom. The molecule has 0 saturated carbocycles. The highest BCUT2D eigenvalue weighted by atomic mass is 35.7. The largest absolute Gasteiger partial charge is 0.460 e. The van der Waals surface area contributed by atoms with E-state index in [0.717, 1.165) is 0 Å². The molecular weight excluding hydrogens is 443 g/mol. The second-order valence-electron chi connectivity index (χ2n) is 4.54. The van der Waals surface area contributed by atoms with E-state index in [-0.39, 0.29) is 0 Å². The van der Waals surface area contributed by atoms with Gasteiger partial charge in [0.05, 0.1) is 0 Å². The predicted octanol–water partition coefficient (Wildman–Crippen LogP) is 4.68. The Hall–Kier alpha value is -0.670. The molecule has 152 valence electrons. The molecule has 0 N–H and O–H groups in total. The number of hydrogen-bond acceptors (Lipinski definition) is 2. The first kappa shape index (κ1) is 24.3. The molecule has 0 heterocycles. The standard InChI is InChI=1S/C8H4ClF13O2S/c1-2(25(9,23)24)3(10,11)4(12,13)5(14,15)6(16,17)7(18,19)8(20,21)22/h2H,1H3. The second kappa shape index (κ2) is 5.92. The monoisotopic (exact) mass is 446 g/mol. The van der Waals surface area contributed by atoms with Crippen LogP contribution in [0.5, 0.6) is 0 Å². The van der Waals surface area contributed by atoms with E-state index in [4.69, 9.17) is 0 Å². The molecule has 0 aliphatic heterocycles. The Morgan fingerprint density at radius 3 is 1.16 bits per heavy atom. The number of rotatable bonds is 6. The molecule has 0 saturated heterocycles. The van der Waals surface area contributed by atoms with Crippen molar-refractivity contribution in [3.05, 3.63) is 0 Å². The molecular formula is C8H4ClF13O2S. The Bertz CT molecular complexity index is 608. The van der Waals surface area contributed by atoms with Gasteiger partial charge in [-0.3, -0.25) is 0 Å². The van der Waals surface area contributed by atoms with Gasteiger partial charge in [-0.05, 0) is 6.92 Å². The summed E-state index contributed by atoms with van der Waals surface area (Å²) in [5.41, 5.74) is 0. The van der Waals surface area contributed by atoms with E-state index in [1.54, 1.807) is 0 Å². The third kappa shape index (κ3) is 3.35. The van der Waals surface area contributed by atoms with Crippen molar-refractivity contribution in [3.8, 4) is 0 Å². The lowest BCUT2D eigenvalue weighted by atomic mass is 9.93. The highest BCUT2D eigenvalue weighted by molar-refractivity contribution is 8.14. The van der Waals surface area contributed by atoms with Crippen molar-refractivity contribution in [2.75, 3.05) is 0 Å². The lowest BCUT2D eigenvalue weighted by molar-refractivity contribution is -0.439. The average molecular weight is 447 g/mol. The fraction of sp³-hybridized carbons (Fsp3) is 1.00. The second-order valence-corrected chi connectivity index (χ2v) is 7.48. The maximum absolute atomic E-state index is 13.2. The van der Waals surface area contributed by atoms with Crippen LogP contribution in [0.15, 0.2) is 0 Å². The number of alkyl halides is 13. The van der Waals surface area contributed by atoms with E-state index in [2.05, 4.69) is 10.7 Å². The van der Waals surface area contributed by atoms with Gasteiger partial charge in [0.25, 0.3) is 0 Å². The van der Waals surface area contributed by atoms with Crippen LogP contribution in [-0.2, 0) is 9.05 Å². The average Bonchev–Trinajstić information content (AvgIpc) is 2.34. The van der Waals surface area contributed by atoms with Crippen molar-refractivity contribution in [3.63, 3.8) is 0 Å². The zero-order chi connectivity index (χ0) is 21.1. The molecule has 0 aromatic heterocycles. The van der Waals surface area contributed by atoms with Gasteiger partial charge in [0.1, 0.15) is 5.25 Å². The molecule has 0 aromatic rings. The minimum atomic E-state index is -8.08. The van der Waals surface area contributed by atoms with E-state index < -0.39 is 57.0 Å². The Kier molecular flexibility index (Phi) is 5.76. The van der Waals surface area contributed by atoms with Crippen LogP contribution < -0.4 is 0 Å². The van der Waals surface area contributed by atoms with Crippen LogP contribution >= 0.6 is 10.7 Å². The van der Waals surface area contributed by atoms with Gasteiger partial charge in [-0.2, -0.15) is 57.1 Å². The smallest absolute Gasteiger partial charge is 0.212 e. The summed E-state index contributed by atoms with van der Waals surface area (Å²) >= 11 is 0. The molecule has 0 amide bonds. The van der Waals surface area contributed by atoms with E-state index in [0.29, 0.717) is 0 Å². The minimum absolute atomic E-state index is 0.480. The van der Waals surface area contributed by atoms with Crippen LogP contribution in [0.4, 0.5) is 57.1 Å². The summed E-state index contributed by atoms with van der Waals surface area (Å²) in [6.45, 7) is -0.480. The van der Waals surface area contributed by atoms with Gasteiger partial charge in [0.15, 0.2) is 0 Å². The number of halogens is 14. The zero-order valence-electron chi connectivity index (χ0n) is 11.1. The van der Waals surface area contributed by atoms with Crippen molar-refractivity contribution in [2.24, 2.45) is 0 Å². The molecule has 0 rings (SSSR count). The first-order valence-electron chi connectivity index (χ1n) is 5.30. The molecule has 1 unspecified atom stereocenters. The summed E-state index contributed by atoms with van der Waals surface area (Å²) in [6.07, 6.45) is -7.53. The lowest BCUT2D eigenvalue weighted by Crippen LogP contribution is -2.71. The first-order valence-corrected chi connectivity index (χ1v) is 7.67. The van der Waals surface area contributed by atoms with Crippen molar-refractivity contribution >= 4 is 19.7 Å². The topological polar surface area (TPSA) is 34.1 Å². The molecule has 0 aliphatic rings. The third-order valence-electron chi connectivity index (χ3n) is 2.89. The Labute approximate surface area is 134 Å². The molecule has 17 heteroatoms. The van der Waals surface area contributed by atoms with Gasteiger partial charge in [-0.25, -0.2) is 8.42 Å². The summed E-state index contributed by atoms with van der Waals surface area (Å²) in [5.74, 6) is -38.4. The van der Waals surface area contributed by atoms with Crippen LogP contribution in [-0.4, -0.2) is 49.5 Å². The Balaban J connectivity index is 6.49. The van der Waals surface area contributed by atoms with E-state index in [1.807, 2.05) is 0 Å². The molecule has 0 fully saturated rings. The molecule has 1 atom stereocenters. The van der Waals surface area contributed by atoms with Crippen LogP contribution in [0.3, 0.4) is 0 Å². The summed E-state index contributed by atoms with van der Waals surface area (Å²) in [6, 6.07) is 0. The summed E-state index contributed by atoms with van der Waals surface area (Å²) < 4.78 is 186. The van der Waals surface area contributed by atoms with Crippen LogP contribution in [0.2, 0.25) is 0 Å². The van der Waals surface area contributed by atoms with Crippen molar-refractivity contribution in [1.82, 2.24) is 0 Å². The van der Waals surface area contributed by atoms with Gasteiger partial charge < -0.3 is 0 Å². The quantitative estimate of drug-likeness (QED) is 0.438. The maximum atomic E-state index is 13.2. The highest BCUT2D eigenvalue weighted by Crippen LogP contribution is 2.61. The molecule has 0 bridgehead atoms. The van der Waals surface area contributed by atoms with Gasteiger partial charge in [-0.1, -0.05) is 0 Å². The normalized spacial score (nSPS) is 17.6. The molecule has 0 spiro atoms.